The summed E-state index contributed by atoms with van der Waals surface area (Å²) in [5.74, 6) is -0.203. The molecule has 198 valence electrons. The molecule has 0 saturated heterocycles. The molecule has 40 heavy (non-hydrogen) atoms. The normalized spacial score (nSPS) is 11.3. The minimum Gasteiger partial charge on any atom is -0.507 e. The highest BCUT2D eigenvalue weighted by Crippen LogP contribution is 2.58. The van der Waals surface area contributed by atoms with E-state index in [9.17, 15) is 9.50 Å². The summed E-state index contributed by atoms with van der Waals surface area (Å²) in [4.78, 5) is 0. The van der Waals surface area contributed by atoms with Crippen LogP contribution in [0.25, 0.3) is 0 Å². The van der Waals surface area contributed by atoms with Crippen molar-refractivity contribution >= 4 is 52.4 Å². The predicted molar refractivity (Wildman–Crippen MR) is 170 cm³/mol. The highest BCUT2D eigenvalue weighted by molar-refractivity contribution is 7.95. The Kier molecular flexibility index (Phi) is 8.60. The molecular weight excluding hydrogens is 536 g/mol. The first kappa shape index (κ1) is 27.2. The first-order valence-electron chi connectivity index (χ1n) is 12.8. The molecule has 0 spiro atoms. The van der Waals surface area contributed by atoms with E-state index < -0.39 is 7.26 Å². The molecule has 0 aromatic heterocycles. The van der Waals surface area contributed by atoms with Crippen LogP contribution in [0, 0.1) is 5.82 Å². The number of nitrogens with zero attached hydrogens (tertiary/aromatic N) is 1. The molecule has 0 atom stereocenters. The lowest BCUT2D eigenvalue weighted by Crippen LogP contribution is -2.32. The van der Waals surface area contributed by atoms with Gasteiger partial charge in [0.2, 0.25) is 0 Å². The van der Waals surface area contributed by atoms with E-state index in [2.05, 4.69) is 88.6 Å². The van der Waals surface area contributed by atoms with Crippen molar-refractivity contribution in [1.82, 2.24) is 5.43 Å². The summed E-state index contributed by atoms with van der Waals surface area (Å²) in [5, 5.41) is 21.9. The highest BCUT2D eigenvalue weighted by Gasteiger charge is 2.45. The standard InChI is InChI=1S/C33H27FN3OPS/c34-27-17-19-28(20-18-27)36-33(40)37-35-23-26-22-25(16-21-32(26)38)24-39(29-10-4-1-5-11-29,30-12-6-2-7-13-30)31-14-8-3-9-15-31/h1-23H,24H2,(H2-,35,36,37,38,40)/p+1. The number of benzene rings is 5. The van der Waals surface area contributed by atoms with Gasteiger partial charge in [-0.1, -0.05) is 60.7 Å². The zero-order valence-electron chi connectivity index (χ0n) is 21.6. The van der Waals surface area contributed by atoms with Crippen LogP contribution in [-0.4, -0.2) is 16.4 Å². The molecule has 0 aliphatic carbocycles. The molecule has 5 aromatic rings. The minimum absolute atomic E-state index is 0.120. The highest BCUT2D eigenvalue weighted by atomic mass is 32.1. The lowest BCUT2D eigenvalue weighted by Gasteiger charge is -2.28. The summed E-state index contributed by atoms with van der Waals surface area (Å²) < 4.78 is 13.2. The van der Waals surface area contributed by atoms with Crippen LogP contribution in [0.3, 0.4) is 0 Å². The summed E-state index contributed by atoms with van der Waals surface area (Å²) in [6, 6.07) is 43.6. The van der Waals surface area contributed by atoms with Crippen molar-refractivity contribution in [3.05, 3.63) is 150 Å². The Labute approximate surface area is 239 Å². The second-order valence-corrected chi connectivity index (χ2v) is 13.1. The van der Waals surface area contributed by atoms with E-state index in [4.69, 9.17) is 12.2 Å². The molecule has 0 unspecified atom stereocenters. The van der Waals surface area contributed by atoms with Gasteiger partial charge in [0.25, 0.3) is 0 Å². The quantitative estimate of drug-likeness (QED) is 0.0891. The van der Waals surface area contributed by atoms with Crippen molar-refractivity contribution in [1.29, 1.82) is 0 Å². The van der Waals surface area contributed by atoms with Crippen molar-refractivity contribution in [2.24, 2.45) is 5.10 Å². The number of aromatic hydroxyl groups is 1. The van der Waals surface area contributed by atoms with E-state index in [1.54, 1.807) is 24.4 Å². The molecule has 0 heterocycles. The first-order valence-corrected chi connectivity index (χ1v) is 15.2. The molecule has 5 rings (SSSR count). The SMILES string of the molecule is Oc1ccc(C[P+](c2ccccc2)(c2ccccc2)c2ccccc2)cc1/C=N/NC(=S)Nc1ccc(F)cc1. The van der Waals surface area contributed by atoms with Crippen molar-refractivity contribution in [3.8, 4) is 5.75 Å². The molecule has 0 radical (unpaired) electrons. The number of phenols is 1. The van der Waals surface area contributed by atoms with Gasteiger partial charge in [0, 0.05) is 11.3 Å². The number of anilines is 1. The predicted octanol–water partition coefficient (Wildman–Crippen LogP) is 6.35. The maximum atomic E-state index is 13.2. The topological polar surface area (TPSA) is 56.7 Å². The average Bonchev–Trinajstić information content (AvgIpc) is 3.00. The number of phenolic OH excluding ortho intramolecular Hbond substituents is 1. The number of thiocarbonyl (C=S) groups is 1. The van der Waals surface area contributed by atoms with Gasteiger partial charge in [-0.15, -0.1) is 0 Å². The fourth-order valence-electron chi connectivity index (χ4n) is 4.70. The van der Waals surface area contributed by atoms with Crippen molar-refractivity contribution in [2.45, 2.75) is 6.16 Å². The van der Waals surface area contributed by atoms with Crippen molar-refractivity contribution in [3.63, 3.8) is 0 Å². The molecular formula is C33H28FN3OPS+. The lowest BCUT2D eigenvalue weighted by molar-refractivity contribution is 0.474. The number of nitrogens with one attached hydrogen (secondary N) is 2. The van der Waals surface area contributed by atoms with Crippen LogP contribution in [-0.2, 0) is 6.16 Å². The summed E-state index contributed by atoms with van der Waals surface area (Å²) in [7, 11) is -2.09. The average molecular weight is 565 g/mol. The maximum Gasteiger partial charge on any atom is 0.191 e. The molecule has 0 fully saturated rings. The first-order chi connectivity index (χ1) is 19.5. The van der Waals surface area contributed by atoms with Crippen LogP contribution in [0.1, 0.15) is 11.1 Å². The number of halogens is 1. The number of hydrazone groups is 1. The van der Waals surface area contributed by atoms with Crippen molar-refractivity contribution < 1.29 is 9.50 Å². The zero-order valence-corrected chi connectivity index (χ0v) is 23.3. The van der Waals surface area contributed by atoms with Gasteiger partial charge in [0.15, 0.2) is 5.11 Å². The van der Waals surface area contributed by atoms with Gasteiger partial charge in [0.1, 0.15) is 34.7 Å². The fraction of sp³-hybridized carbons (Fsp3) is 0.0303. The largest absolute Gasteiger partial charge is 0.507 e. The van der Waals surface area contributed by atoms with Gasteiger partial charge in [0.05, 0.1) is 12.4 Å². The third kappa shape index (κ3) is 6.26. The molecule has 5 aromatic carbocycles. The third-order valence-electron chi connectivity index (χ3n) is 6.57. The van der Waals surface area contributed by atoms with Gasteiger partial charge >= 0.3 is 0 Å². The molecule has 0 aliphatic rings. The van der Waals surface area contributed by atoms with Gasteiger partial charge in [-0.3, -0.25) is 5.43 Å². The number of hydrogen-bond donors (Lipinski definition) is 3. The van der Waals surface area contributed by atoms with Gasteiger partial charge in [-0.2, -0.15) is 5.10 Å². The zero-order chi connectivity index (χ0) is 27.8. The number of rotatable bonds is 8. The van der Waals surface area contributed by atoms with E-state index in [-0.39, 0.29) is 16.7 Å². The van der Waals surface area contributed by atoms with Gasteiger partial charge < -0.3 is 10.4 Å². The van der Waals surface area contributed by atoms with Gasteiger partial charge in [-0.05, 0) is 90.6 Å². The Bertz CT molecular complexity index is 1500. The van der Waals surface area contributed by atoms with Crippen LogP contribution >= 0.6 is 19.5 Å². The Hall–Kier alpha value is -4.38. The summed E-state index contributed by atoms with van der Waals surface area (Å²) in [5.41, 5.74) is 5.05. The van der Waals surface area contributed by atoms with Crippen LogP contribution < -0.4 is 26.7 Å². The maximum absolute atomic E-state index is 13.2. The molecule has 4 nitrogen and oxygen atoms in total. The van der Waals surface area contributed by atoms with Crippen LogP contribution in [0.4, 0.5) is 10.1 Å². The smallest absolute Gasteiger partial charge is 0.191 e. The minimum atomic E-state index is -2.09. The molecule has 0 aliphatic heterocycles. The third-order valence-corrected chi connectivity index (χ3v) is 11.1. The van der Waals surface area contributed by atoms with Gasteiger partial charge in [-0.25, -0.2) is 4.39 Å². The van der Waals surface area contributed by atoms with E-state index in [1.165, 1.54) is 28.0 Å². The summed E-state index contributed by atoms with van der Waals surface area (Å²) >= 11 is 5.29. The molecule has 0 bridgehead atoms. The molecule has 0 saturated carbocycles. The summed E-state index contributed by atoms with van der Waals surface area (Å²) in [6.45, 7) is 0. The van der Waals surface area contributed by atoms with E-state index in [1.807, 2.05) is 30.3 Å². The lowest BCUT2D eigenvalue weighted by atomic mass is 10.1. The Morgan fingerprint density at radius 1 is 0.750 bits per heavy atom. The van der Waals surface area contributed by atoms with E-state index in [0.717, 1.165) is 11.7 Å². The second-order valence-electron chi connectivity index (χ2n) is 9.20. The molecule has 3 N–H and O–H groups in total. The summed E-state index contributed by atoms with van der Waals surface area (Å²) in [6.07, 6.45) is 2.31. The van der Waals surface area contributed by atoms with E-state index >= 15 is 0 Å². The second kappa shape index (κ2) is 12.6. The van der Waals surface area contributed by atoms with E-state index in [0.29, 0.717) is 11.3 Å². The monoisotopic (exact) mass is 564 g/mol. The molecule has 7 heteroatoms. The molecule has 0 amide bonds. The van der Waals surface area contributed by atoms with Crippen LogP contribution in [0.15, 0.2) is 139 Å². The van der Waals surface area contributed by atoms with Crippen LogP contribution in [0.5, 0.6) is 5.75 Å². The van der Waals surface area contributed by atoms with Crippen LogP contribution in [0.2, 0.25) is 0 Å². The Morgan fingerprint density at radius 2 is 1.27 bits per heavy atom. The number of hydrogen-bond acceptors (Lipinski definition) is 3. The Morgan fingerprint density at radius 3 is 1.80 bits per heavy atom. The Balaban J connectivity index is 1.46. The fourth-order valence-corrected chi connectivity index (χ4v) is 9.10. The van der Waals surface area contributed by atoms with Crippen molar-refractivity contribution in [2.75, 3.05) is 5.32 Å².